The molecule has 1 aliphatic heterocycles. The van der Waals surface area contributed by atoms with Gasteiger partial charge in [-0.05, 0) is 38.0 Å². The molecule has 1 aliphatic rings. The molecule has 0 aliphatic carbocycles. The Hall–Kier alpha value is -1.55. The minimum Gasteiger partial charge on any atom is -0.376 e. The minimum absolute atomic E-state index is 0.0423. The molecule has 1 aromatic rings. The van der Waals surface area contributed by atoms with E-state index in [4.69, 9.17) is 4.74 Å². The lowest BCUT2D eigenvalue weighted by molar-refractivity contribution is -0.114. The van der Waals surface area contributed by atoms with Gasteiger partial charge in [0.2, 0.25) is 5.91 Å². The van der Waals surface area contributed by atoms with Gasteiger partial charge in [-0.1, -0.05) is 6.07 Å². The molecule has 4 nitrogen and oxygen atoms in total. The molecule has 0 bridgehead atoms. The summed E-state index contributed by atoms with van der Waals surface area (Å²) < 4.78 is 5.69. The van der Waals surface area contributed by atoms with Crippen LogP contribution in [0.5, 0.6) is 0 Å². The van der Waals surface area contributed by atoms with E-state index in [0.717, 1.165) is 43.9 Å². The van der Waals surface area contributed by atoms with Crippen LogP contribution >= 0.6 is 0 Å². The number of amides is 1. The SMILES string of the molecule is CCN(CC1CCCO1)c1cccc(NC(C)=O)c1. The number of hydrogen-bond donors (Lipinski definition) is 1. The zero-order valence-corrected chi connectivity index (χ0v) is 11.7. The maximum Gasteiger partial charge on any atom is 0.221 e. The van der Waals surface area contributed by atoms with Gasteiger partial charge in [-0.3, -0.25) is 4.79 Å². The quantitative estimate of drug-likeness (QED) is 0.887. The Morgan fingerprint density at radius 2 is 2.37 bits per heavy atom. The van der Waals surface area contributed by atoms with E-state index in [9.17, 15) is 4.79 Å². The Kier molecular flexibility index (Phi) is 4.80. The lowest BCUT2D eigenvalue weighted by Gasteiger charge is -2.26. The largest absolute Gasteiger partial charge is 0.376 e. The zero-order chi connectivity index (χ0) is 13.7. The van der Waals surface area contributed by atoms with Gasteiger partial charge in [-0.25, -0.2) is 0 Å². The number of carbonyl (C=O) groups is 1. The standard InChI is InChI=1S/C15H22N2O2/c1-3-17(11-15-8-5-9-19-15)14-7-4-6-13(10-14)16-12(2)18/h4,6-7,10,15H,3,5,8-9,11H2,1-2H3,(H,16,18). The number of rotatable bonds is 5. The Balaban J connectivity index is 2.06. The molecular weight excluding hydrogens is 240 g/mol. The van der Waals surface area contributed by atoms with Crippen molar-refractivity contribution in [1.29, 1.82) is 0 Å². The number of hydrogen-bond acceptors (Lipinski definition) is 3. The van der Waals surface area contributed by atoms with Crippen molar-refractivity contribution < 1.29 is 9.53 Å². The van der Waals surface area contributed by atoms with Crippen LogP contribution in [0.15, 0.2) is 24.3 Å². The molecule has 1 fully saturated rings. The highest BCUT2D eigenvalue weighted by atomic mass is 16.5. The van der Waals surface area contributed by atoms with E-state index >= 15 is 0 Å². The molecule has 0 saturated carbocycles. The fraction of sp³-hybridized carbons (Fsp3) is 0.533. The first-order chi connectivity index (χ1) is 9.19. The summed E-state index contributed by atoms with van der Waals surface area (Å²) >= 11 is 0. The summed E-state index contributed by atoms with van der Waals surface area (Å²) in [5.74, 6) is -0.0423. The summed E-state index contributed by atoms with van der Waals surface area (Å²) in [6, 6.07) is 7.97. The van der Waals surface area contributed by atoms with E-state index in [1.807, 2.05) is 18.2 Å². The van der Waals surface area contributed by atoms with Crippen LogP contribution in [0.25, 0.3) is 0 Å². The number of likely N-dealkylation sites (N-methyl/N-ethyl adjacent to an activating group) is 1. The van der Waals surface area contributed by atoms with Gasteiger partial charge >= 0.3 is 0 Å². The zero-order valence-electron chi connectivity index (χ0n) is 11.7. The van der Waals surface area contributed by atoms with Gasteiger partial charge in [-0.15, -0.1) is 0 Å². The first-order valence-corrected chi connectivity index (χ1v) is 6.93. The molecule has 1 saturated heterocycles. The average molecular weight is 262 g/mol. The first kappa shape index (κ1) is 13.9. The summed E-state index contributed by atoms with van der Waals surface area (Å²) in [5, 5.41) is 2.82. The number of benzene rings is 1. The molecule has 0 spiro atoms. The van der Waals surface area contributed by atoms with E-state index in [2.05, 4.69) is 23.2 Å². The maximum atomic E-state index is 11.1. The smallest absolute Gasteiger partial charge is 0.221 e. The fourth-order valence-corrected chi connectivity index (χ4v) is 2.43. The normalized spacial score (nSPS) is 18.3. The minimum atomic E-state index is -0.0423. The molecule has 1 heterocycles. The fourth-order valence-electron chi connectivity index (χ4n) is 2.43. The van der Waals surface area contributed by atoms with E-state index in [1.54, 1.807) is 0 Å². The van der Waals surface area contributed by atoms with Crippen molar-refractivity contribution in [2.45, 2.75) is 32.8 Å². The van der Waals surface area contributed by atoms with Gasteiger partial charge in [0.15, 0.2) is 0 Å². The van der Waals surface area contributed by atoms with Crippen molar-refractivity contribution in [2.75, 3.05) is 29.9 Å². The van der Waals surface area contributed by atoms with E-state index in [0.29, 0.717) is 6.10 Å². The van der Waals surface area contributed by atoms with E-state index < -0.39 is 0 Å². The van der Waals surface area contributed by atoms with Gasteiger partial charge < -0.3 is 15.0 Å². The average Bonchev–Trinajstić information content (AvgIpc) is 2.88. The van der Waals surface area contributed by atoms with Crippen molar-refractivity contribution in [2.24, 2.45) is 0 Å². The summed E-state index contributed by atoms with van der Waals surface area (Å²) in [6.07, 6.45) is 2.64. The molecule has 19 heavy (non-hydrogen) atoms. The molecule has 1 aromatic carbocycles. The summed E-state index contributed by atoms with van der Waals surface area (Å²) in [4.78, 5) is 13.4. The summed E-state index contributed by atoms with van der Waals surface area (Å²) in [7, 11) is 0. The second-order valence-corrected chi connectivity index (χ2v) is 4.91. The monoisotopic (exact) mass is 262 g/mol. The third kappa shape index (κ3) is 3.96. The van der Waals surface area contributed by atoms with E-state index in [-0.39, 0.29) is 5.91 Å². The maximum absolute atomic E-state index is 11.1. The van der Waals surface area contributed by atoms with Gasteiger partial charge in [0, 0.05) is 38.0 Å². The van der Waals surface area contributed by atoms with Crippen LogP contribution < -0.4 is 10.2 Å². The third-order valence-electron chi connectivity index (χ3n) is 3.36. The Morgan fingerprint density at radius 1 is 1.53 bits per heavy atom. The van der Waals surface area contributed by atoms with Gasteiger partial charge in [0.05, 0.1) is 6.10 Å². The molecular formula is C15H22N2O2. The highest BCUT2D eigenvalue weighted by molar-refractivity contribution is 5.89. The Bertz CT molecular complexity index is 428. The number of carbonyl (C=O) groups excluding carboxylic acids is 1. The molecule has 1 amide bonds. The first-order valence-electron chi connectivity index (χ1n) is 6.93. The van der Waals surface area contributed by atoms with Crippen LogP contribution in [0.3, 0.4) is 0 Å². The molecule has 2 rings (SSSR count). The highest BCUT2D eigenvalue weighted by Gasteiger charge is 2.18. The highest BCUT2D eigenvalue weighted by Crippen LogP contribution is 2.22. The van der Waals surface area contributed by atoms with E-state index in [1.165, 1.54) is 6.92 Å². The summed E-state index contributed by atoms with van der Waals surface area (Å²) in [5.41, 5.74) is 1.97. The van der Waals surface area contributed by atoms with Gasteiger partial charge in [-0.2, -0.15) is 0 Å². The van der Waals surface area contributed by atoms with Crippen LogP contribution in [0, 0.1) is 0 Å². The number of anilines is 2. The molecule has 4 heteroatoms. The predicted molar refractivity (Wildman–Crippen MR) is 77.6 cm³/mol. The molecule has 0 aromatic heterocycles. The van der Waals surface area contributed by atoms with Gasteiger partial charge in [0.25, 0.3) is 0 Å². The molecule has 1 unspecified atom stereocenters. The lowest BCUT2D eigenvalue weighted by Crippen LogP contribution is -2.32. The molecule has 0 radical (unpaired) electrons. The van der Waals surface area contributed by atoms with Crippen molar-refractivity contribution in [1.82, 2.24) is 0 Å². The van der Waals surface area contributed by atoms with Gasteiger partial charge in [0.1, 0.15) is 0 Å². The molecule has 1 atom stereocenters. The molecule has 1 N–H and O–H groups in total. The lowest BCUT2D eigenvalue weighted by atomic mass is 10.2. The Labute approximate surface area is 114 Å². The molecule has 104 valence electrons. The van der Waals surface area contributed by atoms with Crippen molar-refractivity contribution >= 4 is 17.3 Å². The second kappa shape index (κ2) is 6.57. The van der Waals surface area contributed by atoms with Crippen molar-refractivity contribution in [3.8, 4) is 0 Å². The summed E-state index contributed by atoms with van der Waals surface area (Å²) in [6.45, 7) is 6.40. The van der Waals surface area contributed by atoms with Crippen LogP contribution in [-0.2, 0) is 9.53 Å². The number of nitrogens with one attached hydrogen (secondary N) is 1. The van der Waals surface area contributed by atoms with Crippen molar-refractivity contribution in [3.05, 3.63) is 24.3 Å². The second-order valence-electron chi connectivity index (χ2n) is 4.91. The third-order valence-corrected chi connectivity index (χ3v) is 3.36. The van der Waals surface area contributed by atoms with Crippen molar-refractivity contribution in [3.63, 3.8) is 0 Å². The topological polar surface area (TPSA) is 41.6 Å². The predicted octanol–water partition coefficient (Wildman–Crippen LogP) is 2.65. The number of ether oxygens (including phenoxy) is 1. The van der Waals surface area contributed by atoms with Crippen LogP contribution in [0.1, 0.15) is 26.7 Å². The number of nitrogens with zero attached hydrogens (tertiary/aromatic N) is 1. The van der Waals surface area contributed by atoms with Crippen LogP contribution in [0.2, 0.25) is 0 Å². The van der Waals surface area contributed by atoms with Crippen LogP contribution in [-0.4, -0.2) is 31.7 Å². The Morgan fingerprint density at radius 3 is 3.00 bits per heavy atom. The van der Waals surface area contributed by atoms with Crippen LogP contribution in [0.4, 0.5) is 11.4 Å².